The average molecular weight is 155 g/mol. The highest BCUT2D eigenvalue weighted by atomic mass is 32.1. The minimum atomic E-state index is 0.620. The SMILES string of the molecule is SC1CCC=C2NCCC21. The monoisotopic (exact) mass is 155 g/mol. The fourth-order valence-corrected chi connectivity index (χ4v) is 2.35. The fraction of sp³-hybridized carbons (Fsp3) is 0.750. The summed E-state index contributed by atoms with van der Waals surface area (Å²) in [7, 11) is 0. The van der Waals surface area contributed by atoms with Gasteiger partial charge in [0.25, 0.3) is 0 Å². The quantitative estimate of drug-likeness (QED) is 0.506. The van der Waals surface area contributed by atoms with Gasteiger partial charge in [-0.05, 0) is 19.3 Å². The molecule has 2 unspecified atom stereocenters. The third kappa shape index (κ3) is 0.947. The van der Waals surface area contributed by atoms with Gasteiger partial charge < -0.3 is 5.32 Å². The summed E-state index contributed by atoms with van der Waals surface area (Å²) in [4.78, 5) is 0. The van der Waals surface area contributed by atoms with E-state index in [4.69, 9.17) is 0 Å². The van der Waals surface area contributed by atoms with Crippen molar-refractivity contribution in [1.29, 1.82) is 0 Å². The number of hydrogen-bond acceptors (Lipinski definition) is 2. The Morgan fingerprint density at radius 2 is 2.40 bits per heavy atom. The van der Waals surface area contributed by atoms with Crippen LogP contribution >= 0.6 is 12.6 Å². The predicted octanol–water partition coefficient (Wildman–Crippen LogP) is 1.57. The van der Waals surface area contributed by atoms with Crippen molar-refractivity contribution in [1.82, 2.24) is 5.32 Å². The van der Waals surface area contributed by atoms with Gasteiger partial charge in [0.15, 0.2) is 0 Å². The lowest BCUT2D eigenvalue weighted by molar-refractivity contribution is 0.550. The van der Waals surface area contributed by atoms with Crippen LogP contribution in [0.4, 0.5) is 0 Å². The van der Waals surface area contributed by atoms with Crippen molar-refractivity contribution in [2.75, 3.05) is 6.54 Å². The number of fused-ring (bicyclic) bond motifs is 1. The zero-order valence-corrected chi connectivity index (χ0v) is 6.90. The molecule has 1 aliphatic heterocycles. The van der Waals surface area contributed by atoms with Gasteiger partial charge in [-0.3, -0.25) is 0 Å². The van der Waals surface area contributed by atoms with E-state index in [0.717, 1.165) is 12.5 Å². The first-order valence-corrected chi connectivity index (χ1v) is 4.51. The topological polar surface area (TPSA) is 12.0 Å². The van der Waals surface area contributed by atoms with Crippen LogP contribution in [0.1, 0.15) is 19.3 Å². The molecule has 1 heterocycles. The Hall–Kier alpha value is -0.110. The maximum absolute atomic E-state index is 4.55. The summed E-state index contributed by atoms with van der Waals surface area (Å²) in [5.74, 6) is 0.747. The highest BCUT2D eigenvalue weighted by molar-refractivity contribution is 7.81. The number of hydrogen-bond donors (Lipinski definition) is 2. The standard InChI is InChI=1S/C8H13NS/c10-8-3-1-2-7-6(8)4-5-9-7/h2,6,8-10H,1,3-5H2. The van der Waals surface area contributed by atoms with E-state index in [-0.39, 0.29) is 0 Å². The number of allylic oxidation sites excluding steroid dienone is 2. The molecule has 1 aliphatic carbocycles. The number of thiol groups is 1. The first-order chi connectivity index (χ1) is 4.88. The summed E-state index contributed by atoms with van der Waals surface area (Å²) < 4.78 is 0. The van der Waals surface area contributed by atoms with Gasteiger partial charge in [0, 0.05) is 23.4 Å². The van der Waals surface area contributed by atoms with Crippen molar-refractivity contribution in [2.24, 2.45) is 5.92 Å². The van der Waals surface area contributed by atoms with E-state index in [9.17, 15) is 0 Å². The van der Waals surface area contributed by atoms with Gasteiger partial charge in [0.1, 0.15) is 0 Å². The third-order valence-corrected chi connectivity index (χ3v) is 3.09. The molecule has 0 aromatic rings. The van der Waals surface area contributed by atoms with E-state index in [1.807, 2.05) is 0 Å². The van der Waals surface area contributed by atoms with Crippen LogP contribution in [0.5, 0.6) is 0 Å². The molecule has 2 heteroatoms. The van der Waals surface area contributed by atoms with Crippen molar-refractivity contribution in [2.45, 2.75) is 24.5 Å². The summed E-state index contributed by atoms with van der Waals surface area (Å²) in [6.45, 7) is 1.16. The normalized spacial score (nSPS) is 38.3. The maximum atomic E-state index is 4.55. The molecule has 0 aromatic carbocycles. The molecule has 0 amide bonds. The van der Waals surface area contributed by atoms with Gasteiger partial charge in [0.05, 0.1) is 0 Å². The zero-order valence-electron chi connectivity index (χ0n) is 6.01. The van der Waals surface area contributed by atoms with E-state index in [0.29, 0.717) is 5.25 Å². The van der Waals surface area contributed by atoms with Gasteiger partial charge in [-0.1, -0.05) is 6.08 Å². The maximum Gasteiger partial charge on any atom is 0.0150 e. The van der Waals surface area contributed by atoms with Crippen molar-refractivity contribution in [3.05, 3.63) is 11.8 Å². The first-order valence-electron chi connectivity index (χ1n) is 4.00. The lowest BCUT2D eigenvalue weighted by Gasteiger charge is -2.22. The van der Waals surface area contributed by atoms with E-state index in [2.05, 4.69) is 24.0 Å². The van der Waals surface area contributed by atoms with Crippen molar-refractivity contribution in [3.63, 3.8) is 0 Å². The van der Waals surface area contributed by atoms with E-state index < -0.39 is 0 Å². The van der Waals surface area contributed by atoms with Crippen LogP contribution < -0.4 is 5.32 Å². The molecule has 0 bridgehead atoms. The smallest absolute Gasteiger partial charge is 0.0150 e. The van der Waals surface area contributed by atoms with E-state index in [1.54, 1.807) is 0 Å². The van der Waals surface area contributed by atoms with E-state index >= 15 is 0 Å². The van der Waals surface area contributed by atoms with E-state index in [1.165, 1.54) is 25.0 Å². The number of nitrogens with one attached hydrogen (secondary N) is 1. The second kappa shape index (κ2) is 2.50. The molecule has 0 radical (unpaired) electrons. The lowest BCUT2D eigenvalue weighted by Crippen LogP contribution is -2.19. The van der Waals surface area contributed by atoms with Crippen molar-refractivity contribution in [3.8, 4) is 0 Å². The molecule has 1 N–H and O–H groups in total. The Labute approximate surface area is 67.3 Å². The molecular weight excluding hydrogens is 142 g/mol. The molecule has 0 aromatic heterocycles. The molecule has 2 rings (SSSR count). The van der Waals surface area contributed by atoms with Gasteiger partial charge in [-0.2, -0.15) is 12.6 Å². The molecule has 1 saturated heterocycles. The van der Waals surface area contributed by atoms with Crippen LogP contribution in [0.3, 0.4) is 0 Å². The third-order valence-electron chi connectivity index (χ3n) is 2.48. The predicted molar refractivity (Wildman–Crippen MR) is 46.2 cm³/mol. The van der Waals surface area contributed by atoms with Gasteiger partial charge in [-0.15, -0.1) is 0 Å². The van der Waals surface area contributed by atoms with Crippen molar-refractivity contribution < 1.29 is 0 Å². The van der Waals surface area contributed by atoms with Crippen LogP contribution in [0, 0.1) is 5.92 Å². The summed E-state index contributed by atoms with van der Waals surface area (Å²) in [6, 6.07) is 0. The van der Waals surface area contributed by atoms with Crippen LogP contribution in [-0.2, 0) is 0 Å². The molecular formula is C8H13NS. The zero-order chi connectivity index (χ0) is 6.97. The Bertz CT molecular complexity index is 165. The summed E-state index contributed by atoms with van der Waals surface area (Å²) in [5, 5.41) is 4.02. The molecule has 10 heavy (non-hydrogen) atoms. The van der Waals surface area contributed by atoms with Crippen LogP contribution in [-0.4, -0.2) is 11.8 Å². The van der Waals surface area contributed by atoms with Gasteiger partial charge in [0.2, 0.25) is 0 Å². The average Bonchev–Trinajstić information content (AvgIpc) is 2.36. The number of rotatable bonds is 0. The summed E-state index contributed by atoms with van der Waals surface area (Å²) in [5.41, 5.74) is 1.46. The second-order valence-corrected chi connectivity index (χ2v) is 3.79. The van der Waals surface area contributed by atoms with Crippen molar-refractivity contribution >= 4 is 12.6 Å². The minimum absolute atomic E-state index is 0.620. The molecule has 56 valence electrons. The highest BCUT2D eigenvalue weighted by Gasteiger charge is 2.28. The van der Waals surface area contributed by atoms with Crippen LogP contribution in [0.2, 0.25) is 0 Å². The van der Waals surface area contributed by atoms with Gasteiger partial charge in [-0.25, -0.2) is 0 Å². The molecule has 1 nitrogen and oxygen atoms in total. The van der Waals surface area contributed by atoms with Crippen LogP contribution in [0.25, 0.3) is 0 Å². The fourth-order valence-electron chi connectivity index (χ4n) is 1.89. The minimum Gasteiger partial charge on any atom is -0.388 e. The summed E-state index contributed by atoms with van der Waals surface area (Å²) >= 11 is 4.55. The molecule has 2 aliphatic rings. The lowest BCUT2D eigenvalue weighted by atomic mass is 9.92. The molecule has 0 saturated carbocycles. The second-order valence-electron chi connectivity index (χ2n) is 3.13. The Morgan fingerprint density at radius 1 is 1.50 bits per heavy atom. The highest BCUT2D eigenvalue weighted by Crippen LogP contribution is 2.32. The Morgan fingerprint density at radius 3 is 3.20 bits per heavy atom. The Balaban J connectivity index is 2.18. The summed E-state index contributed by atoms with van der Waals surface area (Å²) in [6.07, 6.45) is 6.11. The van der Waals surface area contributed by atoms with Crippen LogP contribution in [0.15, 0.2) is 11.8 Å². The first kappa shape index (κ1) is 6.59. The largest absolute Gasteiger partial charge is 0.388 e. The molecule has 2 atom stereocenters. The Kier molecular flexibility index (Phi) is 1.65. The van der Waals surface area contributed by atoms with Gasteiger partial charge >= 0.3 is 0 Å². The molecule has 1 fully saturated rings. The molecule has 0 spiro atoms.